The van der Waals surface area contributed by atoms with E-state index in [0.29, 0.717) is 42.9 Å². The third-order valence-corrected chi connectivity index (χ3v) is 5.61. The Bertz CT molecular complexity index is 700. The van der Waals surface area contributed by atoms with Gasteiger partial charge in [-0.3, -0.25) is 14.4 Å². The number of halogens is 1. The summed E-state index contributed by atoms with van der Waals surface area (Å²) < 4.78 is 0. The second-order valence-corrected chi connectivity index (χ2v) is 7.73. The van der Waals surface area contributed by atoms with Gasteiger partial charge in [0.05, 0.1) is 17.9 Å². The standard InChI is InChI=1S/C19H23ClN2O4/c20-15-6-4-13(5-7-15)18(26)22-10-1-3-14(12-22)17(25)21-19(8-2-9-19)11-16(23)24/h4-7,14H,1-3,8-12H2,(H,21,25)(H,23,24). The molecule has 2 N–H and O–H groups in total. The summed E-state index contributed by atoms with van der Waals surface area (Å²) >= 11 is 5.86. The Hall–Kier alpha value is -2.08. The fraction of sp³-hybridized carbons (Fsp3) is 0.526. The van der Waals surface area contributed by atoms with E-state index in [2.05, 4.69) is 5.32 Å². The first-order valence-electron chi connectivity index (χ1n) is 8.97. The van der Waals surface area contributed by atoms with E-state index in [4.69, 9.17) is 16.7 Å². The van der Waals surface area contributed by atoms with E-state index in [0.717, 1.165) is 12.8 Å². The van der Waals surface area contributed by atoms with E-state index in [9.17, 15) is 14.4 Å². The van der Waals surface area contributed by atoms with E-state index in [1.807, 2.05) is 0 Å². The highest BCUT2D eigenvalue weighted by Crippen LogP contribution is 2.35. The fourth-order valence-corrected chi connectivity index (χ4v) is 3.88. The molecule has 1 aliphatic carbocycles. The second kappa shape index (κ2) is 7.66. The van der Waals surface area contributed by atoms with Crippen molar-refractivity contribution in [2.45, 2.75) is 44.1 Å². The van der Waals surface area contributed by atoms with Crippen molar-refractivity contribution in [2.24, 2.45) is 5.92 Å². The van der Waals surface area contributed by atoms with Crippen molar-refractivity contribution in [1.82, 2.24) is 10.2 Å². The number of nitrogens with zero attached hydrogens (tertiary/aromatic N) is 1. The van der Waals surface area contributed by atoms with Crippen molar-refractivity contribution in [3.8, 4) is 0 Å². The van der Waals surface area contributed by atoms with Crippen LogP contribution in [-0.2, 0) is 9.59 Å². The van der Waals surface area contributed by atoms with Gasteiger partial charge in [0.25, 0.3) is 5.91 Å². The highest BCUT2D eigenvalue weighted by atomic mass is 35.5. The predicted octanol–water partition coefficient (Wildman–Crippen LogP) is 2.71. The minimum Gasteiger partial charge on any atom is -0.481 e. The van der Waals surface area contributed by atoms with Gasteiger partial charge in [0.1, 0.15) is 0 Å². The number of nitrogens with one attached hydrogen (secondary N) is 1. The van der Waals surface area contributed by atoms with Gasteiger partial charge < -0.3 is 15.3 Å². The molecule has 1 aromatic rings. The lowest BCUT2D eigenvalue weighted by Gasteiger charge is -2.43. The summed E-state index contributed by atoms with van der Waals surface area (Å²) in [6, 6.07) is 6.72. The lowest BCUT2D eigenvalue weighted by Crippen LogP contribution is -2.57. The Kier molecular flexibility index (Phi) is 5.51. The van der Waals surface area contributed by atoms with Gasteiger partial charge in [0.2, 0.25) is 5.91 Å². The number of hydrogen-bond acceptors (Lipinski definition) is 3. The van der Waals surface area contributed by atoms with Crippen LogP contribution in [0.3, 0.4) is 0 Å². The molecule has 2 fully saturated rings. The Morgan fingerprint density at radius 1 is 1.19 bits per heavy atom. The van der Waals surface area contributed by atoms with Crippen LogP contribution in [0.2, 0.25) is 5.02 Å². The van der Waals surface area contributed by atoms with Crippen LogP contribution in [0.25, 0.3) is 0 Å². The van der Waals surface area contributed by atoms with Gasteiger partial charge in [0, 0.05) is 23.7 Å². The maximum atomic E-state index is 12.7. The number of benzene rings is 1. The van der Waals surface area contributed by atoms with Crippen LogP contribution in [0.15, 0.2) is 24.3 Å². The molecule has 1 aliphatic heterocycles. The zero-order chi connectivity index (χ0) is 18.7. The topological polar surface area (TPSA) is 86.7 Å². The quantitative estimate of drug-likeness (QED) is 0.824. The zero-order valence-electron chi connectivity index (χ0n) is 14.5. The summed E-state index contributed by atoms with van der Waals surface area (Å²) in [7, 11) is 0. The maximum Gasteiger partial charge on any atom is 0.305 e. The monoisotopic (exact) mass is 378 g/mol. The molecular formula is C19H23ClN2O4. The Balaban J connectivity index is 1.62. The lowest BCUT2D eigenvalue weighted by molar-refractivity contribution is -0.141. The number of amides is 2. The van der Waals surface area contributed by atoms with Crippen molar-refractivity contribution in [3.63, 3.8) is 0 Å². The normalized spacial score (nSPS) is 21.6. The summed E-state index contributed by atoms with van der Waals surface area (Å²) in [6.07, 6.45) is 3.75. The molecule has 0 aromatic heterocycles. The molecule has 0 spiro atoms. The molecule has 6 nitrogen and oxygen atoms in total. The first-order valence-corrected chi connectivity index (χ1v) is 9.35. The predicted molar refractivity (Wildman–Crippen MR) is 97.1 cm³/mol. The number of hydrogen-bond donors (Lipinski definition) is 2. The lowest BCUT2D eigenvalue weighted by atomic mass is 9.74. The first-order chi connectivity index (χ1) is 12.4. The summed E-state index contributed by atoms with van der Waals surface area (Å²) in [5.41, 5.74) is -0.0532. The molecular weight excluding hydrogens is 356 g/mol. The summed E-state index contributed by atoms with van der Waals surface area (Å²) in [6.45, 7) is 0.974. The molecule has 0 radical (unpaired) electrons. The van der Waals surface area contributed by atoms with Crippen molar-refractivity contribution >= 4 is 29.4 Å². The largest absolute Gasteiger partial charge is 0.481 e. The van der Waals surface area contributed by atoms with Crippen LogP contribution in [0.5, 0.6) is 0 Å². The van der Waals surface area contributed by atoms with Gasteiger partial charge in [0.15, 0.2) is 0 Å². The smallest absolute Gasteiger partial charge is 0.305 e. The van der Waals surface area contributed by atoms with Crippen molar-refractivity contribution < 1.29 is 19.5 Å². The molecule has 1 heterocycles. The molecule has 7 heteroatoms. The van der Waals surface area contributed by atoms with Gasteiger partial charge in [-0.25, -0.2) is 0 Å². The number of carboxylic acid groups (broad SMARTS) is 1. The van der Waals surface area contributed by atoms with Gasteiger partial charge >= 0.3 is 5.97 Å². The van der Waals surface area contributed by atoms with Crippen LogP contribution < -0.4 is 5.32 Å². The molecule has 1 saturated carbocycles. The van der Waals surface area contributed by atoms with Crippen LogP contribution in [0.4, 0.5) is 0 Å². The minimum atomic E-state index is -0.895. The number of aliphatic carboxylic acids is 1. The molecule has 140 valence electrons. The van der Waals surface area contributed by atoms with Crippen molar-refractivity contribution in [2.75, 3.05) is 13.1 Å². The molecule has 1 saturated heterocycles. The van der Waals surface area contributed by atoms with E-state index in [-0.39, 0.29) is 24.2 Å². The van der Waals surface area contributed by atoms with Crippen LogP contribution >= 0.6 is 11.6 Å². The number of rotatable bonds is 5. The van der Waals surface area contributed by atoms with Crippen LogP contribution in [0.1, 0.15) is 48.9 Å². The van der Waals surface area contributed by atoms with Crippen LogP contribution in [0, 0.1) is 5.92 Å². The molecule has 1 aromatic carbocycles. The van der Waals surface area contributed by atoms with Gasteiger partial charge in [-0.05, 0) is 56.4 Å². The Morgan fingerprint density at radius 2 is 1.88 bits per heavy atom. The number of carbonyl (C=O) groups excluding carboxylic acids is 2. The molecule has 1 atom stereocenters. The molecule has 0 bridgehead atoms. The van der Waals surface area contributed by atoms with E-state index in [1.54, 1.807) is 29.2 Å². The Morgan fingerprint density at radius 3 is 2.46 bits per heavy atom. The third kappa shape index (κ3) is 4.18. The molecule has 1 unspecified atom stereocenters. The van der Waals surface area contributed by atoms with Crippen molar-refractivity contribution in [1.29, 1.82) is 0 Å². The van der Waals surface area contributed by atoms with E-state index < -0.39 is 11.5 Å². The number of carboxylic acids is 1. The fourth-order valence-electron chi connectivity index (χ4n) is 3.75. The molecule has 2 aliphatic rings. The maximum absolute atomic E-state index is 12.7. The minimum absolute atomic E-state index is 0.0428. The van der Waals surface area contributed by atoms with Crippen molar-refractivity contribution in [3.05, 3.63) is 34.9 Å². The number of piperidine rings is 1. The Labute approximate surface area is 157 Å². The number of likely N-dealkylation sites (tertiary alicyclic amines) is 1. The molecule has 2 amide bonds. The van der Waals surface area contributed by atoms with Gasteiger partial charge in [-0.1, -0.05) is 11.6 Å². The van der Waals surface area contributed by atoms with Crippen LogP contribution in [-0.4, -0.2) is 46.4 Å². The first kappa shape index (κ1) is 18.7. The van der Waals surface area contributed by atoms with Gasteiger partial charge in [-0.2, -0.15) is 0 Å². The van der Waals surface area contributed by atoms with Gasteiger partial charge in [-0.15, -0.1) is 0 Å². The number of carbonyl (C=O) groups is 3. The summed E-state index contributed by atoms with van der Waals surface area (Å²) in [4.78, 5) is 38.1. The average Bonchev–Trinajstić information content (AvgIpc) is 2.59. The van der Waals surface area contributed by atoms with E-state index in [1.165, 1.54) is 0 Å². The summed E-state index contributed by atoms with van der Waals surface area (Å²) in [5.74, 6) is -1.44. The van der Waals surface area contributed by atoms with E-state index >= 15 is 0 Å². The third-order valence-electron chi connectivity index (χ3n) is 5.36. The average molecular weight is 379 g/mol. The molecule has 26 heavy (non-hydrogen) atoms. The zero-order valence-corrected chi connectivity index (χ0v) is 15.3. The highest BCUT2D eigenvalue weighted by Gasteiger charge is 2.42. The summed E-state index contributed by atoms with van der Waals surface area (Å²) in [5, 5.41) is 12.6. The highest BCUT2D eigenvalue weighted by molar-refractivity contribution is 6.30. The SMILES string of the molecule is O=C(O)CC1(NC(=O)C2CCCN(C(=O)c3ccc(Cl)cc3)C2)CCC1. The molecule has 3 rings (SSSR count). The second-order valence-electron chi connectivity index (χ2n) is 7.29.